The molecule has 1 aromatic rings. The fourth-order valence-corrected chi connectivity index (χ4v) is 4.12. The number of nitrogens with zero attached hydrogens (tertiary/aromatic N) is 1. The number of hydrogen-bond acceptors (Lipinski definition) is 3. The van der Waals surface area contributed by atoms with Crippen molar-refractivity contribution in [2.45, 2.75) is 45.6 Å². The van der Waals surface area contributed by atoms with Gasteiger partial charge >= 0.3 is 5.97 Å². The summed E-state index contributed by atoms with van der Waals surface area (Å²) in [4.78, 5) is 26.2. The number of carboxylic acids is 1. The number of para-hydroxylation sites is 1. The van der Waals surface area contributed by atoms with Crippen molar-refractivity contribution in [2.24, 2.45) is 11.3 Å². The molecule has 1 amide bonds. The minimum atomic E-state index is -0.746. The van der Waals surface area contributed by atoms with Gasteiger partial charge in [-0.15, -0.1) is 0 Å². The molecule has 24 heavy (non-hydrogen) atoms. The van der Waals surface area contributed by atoms with Gasteiger partial charge in [-0.2, -0.15) is 0 Å². The molecule has 1 N–H and O–H groups in total. The Morgan fingerprint density at radius 1 is 1.38 bits per heavy atom. The fraction of sp³-hybridized carbons (Fsp3) is 0.579. The van der Waals surface area contributed by atoms with E-state index in [4.69, 9.17) is 4.74 Å². The maximum atomic E-state index is 12.7. The maximum Gasteiger partial charge on any atom is 0.311 e. The molecular weight excluding hydrogens is 306 g/mol. The van der Waals surface area contributed by atoms with Gasteiger partial charge in [0.2, 0.25) is 5.91 Å². The molecule has 5 heteroatoms. The van der Waals surface area contributed by atoms with Gasteiger partial charge in [0.05, 0.1) is 17.9 Å². The molecule has 1 saturated carbocycles. The highest BCUT2D eigenvalue weighted by atomic mass is 16.5. The SMILES string of the molecule is CC(C)Oc1ccccc1CC(=O)N1C[C@@H]2CCC[C@@]2(C(=O)O)C1. The fourth-order valence-electron chi connectivity index (χ4n) is 4.12. The third-order valence-corrected chi connectivity index (χ3v) is 5.33. The van der Waals surface area contributed by atoms with Crippen molar-refractivity contribution < 1.29 is 19.4 Å². The first-order chi connectivity index (χ1) is 11.4. The normalized spacial score (nSPS) is 25.8. The summed E-state index contributed by atoms with van der Waals surface area (Å²) in [5.74, 6) is 0.0722. The lowest BCUT2D eigenvalue weighted by atomic mass is 9.81. The van der Waals surface area contributed by atoms with E-state index in [1.54, 1.807) is 4.90 Å². The molecule has 1 saturated heterocycles. The van der Waals surface area contributed by atoms with Crippen LogP contribution >= 0.6 is 0 Å². The van der Waals surface area contributed by atoms with Crippen LogP contribution in [-0.2, 0) is 16.0 Å². The predicted octanol–water partition coefficient (Wildman–Crippen LogP) is 2.73. The van der Waals surface area contributed by atoms with Crippen molar-refractivity contribution in [2.75, 3.05) is 13.1 Å². The average Bonchev–Trinajstić information content (AvgIpc) is 3.06. The quantitative estimate of drug-likeness (QED) is 0.901. The molecular formula is C19H25NO4. The van der Waals surface area contributed by atoms with Gasteiger partial charge in [-0.3, -0.25) is 9.59 Å². The van der Waals surface area contributed by atoms with Crippen LogP contribution in [0.3, 0.4) is 0 Å². The van der Waals surface area contributed by atoms with Crippen LogP contribution in [0.25, 0.3) is 0 Å². The zero-order valence-corrected chi connectivity index (χ0v) is 14.3. The highest BCUT2D eigenvalue weighted by molar-refractivity contribution is 5.83. The Morgan fingerprint density at radius 2 is 2.12 bits per heavy atom. The second kappa shape index (κ2) is 6.46. The zero-order chi connectivity index (χ0) is 17.3. The summed E-state index contributed by atoms with van der Waals surface area (Å²) in [5.41, 5.74) is 0.140. The van der Waals surface area contributed by atoms with Crippen LogP contribution in [0.2, 0.25) is 0 Å². The van der Waals surface area contributed by atoms with Gasteiger partial charge in [0.25, 0.3) is 0 Å². The van der Waals surface area contributed by atoms with Gasteiger partial charge in [-0.25, -0.2) is 0 Å². The number of fused-ring (bicyclic) bond motifs is 1. The van der Waals surface area contributed by atoms with Crippen molar-refractivity contribution in [3.05, 3.63) is 29.8 Å². The van der Waals surface area contributed by atoms with Gasteiger partial charge in [0.15, 0.2) is 0 Å². The minimum absolute atomic E-state index is 0.00942. The molecule has 2 aliphatic rings. The number of hydrogen-bond donors (Lipinski definition) is 1. The monoisotopic (exact) mass is 331 g/mol. The van der Waals surface area contributed by atoms with E-state index in [0.29, 0.717) is 19.5 Å². The zero-order valence-electron chi connectivity index (χ0n) is 14.3. The number of carbonyl (C=O) groups is 2. The molecule has 0 unspecified atom stereocenters. The van der Waals surface area contributed by atoms with Crippen LogP contribution in [0.1, 0.15) is 38.7 Å². The second-order valence-electron chi connectivity index (χ2n) is 7.28. The van der Waals surface area contributed by atoms with E-state index >= 15 is 0 Å². The van der Waals surface area contributed by atoms with E-state index in [9.17, 15) is 14.7 Å². The molecule has 1 aliphatic carbocycles. The van der Waals surface area contributed by atoms with Crippen molar-refractivity contribution in [3.63, 3.8) is 0 Å². The predicted molar refractivity (Wildman–Crippen MR) is 89.9 cm³/mol. The van der Waals surface area contributed by atoms with Gasteiger partial charge in [-0.05, 0) is 38.7 Å². The molecule has 130 valence electrons. The second-order valence-corrected chi connectivity index (χ2v) is 7.28. The summed E-state index contributed by atoms with van der Waals surface area (Å²) in [7, 11) is 0. The van der Waals surface area contributed by atoms with E-state index < -0.39 is 11.4 Å². The lowest BCUT2D eigenvalue weighted by Crippen LogP contribution is -2.37. The average molecular weight is 331 g/mol. The topological polar surface area (TPSA) is 66.8 Å². The number of benzene rings is 1. The molecule has 5 nitrogen and oxygen atoms in total. The van der Waals surface area contributed by atoms with Crippen LogP contribution in [0.5, 0.6) is 5.75 Å². The Bertz CT molecular complexity index is 642. The number of aliphatic carboxylic acids is 1. The Morgan fingerprint density at radius 3 is 2.79 bits per heavy atom. The minimum Gasteiger partial charge on any atom is -0.491 e. The molecule has 3 rings (SSSR count). The Labute approximate surface area is 142 Å². The molecule has 1 aromatic carbocycles. The first-order valence-corrected chi connectivity index (χ1v) is 8.68. The molecule has 1 aliphatic heterocycles. The van der Waals surface area contributed by atoms with Crippen LogP contribution in [0, 0.1) is 11.3 Å². The van der Waals surface area contributed by atoms with Crippen LogP contribution in [-0.4, -0.2) is 41.1 Å². The molecule has 0 aromatic heterocycles. The van der Waals surface area contributed by atoms with E-state index in [1.165, 1.54) is 0 Å². The van der Waals surface area contributed by atoms with E-state index in [2.05, 4.69) is 0 Å². The molecule has 2 atom stereocenters. The number of amides is 1. The summed E-state index contributed by atoms with van der Waals surface area (Å²) in [5, 5.41) is 9.65. The van der Waals surface area contributed by atoms with E-state index in [-0.39, 0.29) is 24.3 Å². The highest BCUT2D eigenvalue weighted by Crippen LogP contribution is 2.49. The Balaban J connectivity index is 1.72. The van der Waals surface area contributed by atoms with Crippen molar-refractivity contribution >= 4 is 11.9 Å². The summed E-state index contributed by atoms with van der Waals surface area (Å²) in [6.07, 6.45) is 2.84. The summed E-state index contributed by atoms with van der Waals surface area (Å²) in [6.45, 7) is 4.82. The van der Waals surface area contributed by atoms with Crippen LogP contribution in [0.4, 0.5) is 0 Å². The van der Waals surface area contributed by atoms with Crippen molar-refractivity contribution in [1.82, 2.24) is 4.90 Å². The molecule has 0 bridgehead atoms. The maximum absolute atomic E-state index is 12.7. The largest absolute Gasteiger partial charge is 0.491 e. The van der Waals surface area contributed by atoms with Crippen molar-refractivity contribution in [1.29, 1.82) is 0 Å². The third kappa shape index (κ3) is 2.99. The van der Waals surface area contributed by atoms with E-state index in [1.807, 2.05) is 38.1 Å². The standard InChI is InChI=1S/C19H25NO4/c1-13(2)24-16-8-4-3-6-14(16)10-17(21)20-11-15-7-5-9-19(15,12-20)18(22)23/h3-4,6,8,13,15H,5,7,9-12H2,1-2H3,(H,22,23)/t15-,19+/m0/s1. The highest BCUT2D eigenvalue weighted by Gasteiger charge is 2.55. The number of likely N-dealkylation sites (tertiary alicyclic amines) is 1. The Kier molecular flexibility index (Phi) is 4.52. The van der Waals surface area contributed by atoms with Gasteiger partial charge in [0, 0.05) is 18.7 Å². The third-order valence-electron chi connectivity index (χ3n) is 5.33. The molecule has 1 heterocycles. The lowest BCUT2D eigenvalue weighted by molar-refractivity contribution is -0.149. The number of carbonyl (C=O) groups excluding carboxylic acids is 1. The van der Waals surface area contributed by atoms with Crippen LogP contribution in [0.15, 0.2) is 24.3 Å². The van der Waals surface area contributed by atoms with Gasteiger partial charge < -0.3 is 14.7 Å². The summed E-state index contributed by atoms with van der Waals surface area (Å²) >= 11 is 0. The molecule has 0 spiro atoms. The Hall–Kier alpha value is -2.04. The van der Waals surface area contributed by atoms with Gasteiger partial charge in [0.1, 0.15) is 5.75 Å². The molecule has 2 fully saturated rings. The van der Waals surface area contributed by atoms with Crippen LogP contribution < -0.4 is 4.74 Å². The first kappa shape index (κ1) is 16.8. The summed E-state index contributed by atoms with van der Waals surface area (Å²) in [6, 6.07) is 7.57. The first-order valence-electron chi connectivity index (χ1n) is 8.68. The van der Waals surface area contributed by atoms with E-state index in [0.717, 1.165) is 24.2 Å². The van der Waals surface area contributed by atoms with Crippen molar-refractivity contribution in [3.8, 4) is 5.75 Å². The van der Waals surface area contributed by atoms with Gasteiger partial charge in [-0.1, -0.05) is 24.6 Å². The molecule has 0 radical (unpaired) electrons. The number of rotatable bonds is 5. The smallest absolute Gasteiger partial charge is 0.311 e. The number of ether oxygens (including phenoxy) is 1. The summed E-state index contributed by atoms with van der Waals surface area (Å²) < 4.78 is 5.78. The lowest BCUT2D eigenvalue weighted by Gasteiger charge is -2.23. The number of carboxylic acid groups (broad SMARTS) is 1.